The van der Waals surface area contributed by atoms with Crippen molar-refractivity contribution in [1.29, 1.82) is 0 Å². The summed E-state index contributed by atoms with van der Waals surface area (Å²) in [5.74, 6) is -0.831. The zero-order valence-corrected chi connectivity index (χ0v) is 14.0. The molecule has 0 spiro atoms. The van der Waals surface area contributed by atoms with Crippen molar-refractivity contribution < 1.29 is 17.9 Å². The first-order chi connectivity index (χ1) is 11.1. The number of rotatable bonds is 6. The Morgan fingerprint density at radius 1 is 1.22 bits per heavy atom. The molecule has 0 aromatic heterocycles. The predicted molar refractivity (Wildman–Crippen MR) is 88.3 cm³/mol. The molecule has 1 aromatic rings. The second kappa shape index (κ2) is 7.97. The van der Waals surface area contributed by atoms with Gasteiger partial charge in [-0.05, 0) is 50.3 Å². The fourth-order valence-corrected chi connectivity index (χ4v) is 3.64. The summed E-state index contributed by atoms with van der Waals surface area (Å²) in [7, 11) is -3.90. The highest BCUT2D eigenvalue weighted by Crippen LogP contribution is 2.20. The maximum atomic E-state index is 12.7. The lowest BCUT2D eigenvalue weighted by atomic mass is 10.4. The molecule has 0 unspecified atom stereocenters. The van der Waals surface area contributed by atoms with Crippen molar-refractivity contribution in [2.75, 3.05) is 19.7 Å². The van der Waals surface area contributed by atoms with E-state index < -0.39 is 15.8 Å². The summed E-state index contributed by atoms with van der Waals surface area (Å²) in [6.45, 7) is 3.66. The number of benzene rings is 1. The van der Waals surface area contributed by atoms with Crippen molar-refractivity contribution >= 4 is 15.8 Å². The number of hydrogen-bond acceptors (Lipinski definition) is 5. The van der Waals surface area contributed by atoms with E-state index in [4.69, 9.17) is 4.74 Å². The minimum absolute atomic E-state index is 0.0777. The predicted octanol–water partition coefficient (Wildman–Crippen LogP) is 2.52. The number of carbonyl (C=O) groups excluding carboxylic acids is 1. The highest BCUT2D eigenvalue weighted by atomic mass is 32.2. The van der Waals surface area contributed by atoms with Crippen molar-refractivity contribution in [2.24, 2.45) is 0 Å². The van der Waals surface area contributed by atoms with Crippen LogP contribution in [0.3, 0.4) is 0 Å². The highest BCUT2D eigenvalue weighted by Gasteiger charge is 2.27. The lowest BCUT2D eigenvalue weighted by Gasteiger charge is -2.10. The van der Waals surface area contributed by atoms with Crippen LogP contribution in [-0.2, 0) is 19.4 Å². The number of esters is 1. The lowest BCUT2D eigenvalue weighted by Crippen LogP contribution is -2.17. The van der Waals surface area contributed by atoms with Gasteiger partial charge in [0, 0.05) is 13.1 Å². The van der Waals surface area contributed by atoms with Gasteiger partial charge in [0.15, 0.2) is 4.91 Å². The van der Waals surface area contributed by atoms with E-state index in [0.717, 1.165) is 25.9 Å². The van der Waals surface area contributed by atoms with E-state index in [0.29, 0.717) is 0 Å². The highest BCUT2D eigenvalue weighted by molar-refractivity contribution is 7.96. The van der Waals surface area contributed by atoms with E-state index in [2.05, 4.69) is 4.90 Å². The third-order valence-corrected chi connectivity index (χ3v) is 5.28. The number of likely N-dealkylation sites (tertiary alicyclic amines) is 1. The molecule has 1 heterocycles. The van der Waals surface area contributed by atoms with Gasteiger partial charge in [-0.3, -0.25) is 0 Å². The van der Waals surface area contributed by atoms with Gasteiger partial charge >= 0.3 is 5.97 Å². The van der Waals surface area contributed by atoms with Crippen molar-refractivity contribution in [2.45, 2.75) is 24.7 Å². The van der Waals surface area contributed by atoms with Crippen LogP contribution in [-0.4, -0.2) is 39.0 Å². The smallest absolute Gasteiger partial charge is 0.350 e. The first-order valence-electron chi connectivity index (χ1n) is 7.65. The van der Waals surface area contributed by atoms with Gasteiger partial charge in [-0.25, -0.2) is 13.2 Å². The standard InChI is InChI=1S/C17H21NO4S/c1-2-22-17(19)16(11-8-14-18-12-6-7-13-18)23(20,21)15-9-4-3-5-10-15/h3-5,8-11,14H,2,6-7,12-13H2,1H3. The van der Waals surface area contributed by atoms with Gasteiger partial charge in [0.1, 0.15) is 0 Å². The summed E-state index contributed by atoms with van der Waals surface area (Å²) in [4.78, 5) is 13.9. The van der Waals surface area contributed by atoms with E-state index in [9.17, 15) is 13.2 Å². The average molecular weight is 335 g/mol. The fourth-order valence-electron chi connectivity index (χ4n) is 2.34. The Morgan fingerprint density at radius 2 is 1.87 bits per heavy atom. The minimum Gasteiger partial charge on any atom is -0.462 e. The zero-order chi connectivity index (χ0) is 16.7. The van der Waals surface area contributed by atoms with Gasteiger partial charge in [-0.2, -0.15) is 0 Å². The summed E-state index contributed by atoms with van der Waals surface area (Å²) in [5, 5.41) is 0. The van der Waals surface area contributed by atoms with Crippen LogP contribution < -0.4 is 0 Å². The molecule has 0 radical (unpaired) electrons. The normalized spacial score (nSPS) is 16.0. The Hall–Kier alpha value is -2.08. The molecule has 0 atom stereocenters. The molecule has 0 saturated carbocycles. The number of sulfone groups is 1. The molecule has 5 nitrogen and oxygen atoms in total. The van der Waals surface area contributed by atoms with E-state index in [1.165, 1.54) is 18.2 Å². The monoisotopic (exact) mass is 335 g/mol. The Kier molecular flexibility index (Phi) is 5.98. The fraction of sp³-hybridized carbons (Fsp3) is 0.353. The van der Waals surface area contributed by atoms with Crippen LogP contribution in [0.4, 0.5) is 0 Å². The molecular formula is C17H21NO4S. The molecule has 1 aromatic carbocycles. The molecule has 1 saturated heterocycles. The number of nitrogens with zero attached hydrogens (tertiary/aromatic N) is 1. The largest absolute Gasteiger partial charge is 0.462 e. The van der Waals surface area contributed by atoms with Crippen LogP contribution in [0.25, 0.3) is 0 Å². The molecule has 1 aliphatic rings. The van der Waals surface area contributed by atoms with Crippen LogP contribution in [0.5, 0.6) is 0 Å². The quantitative estimate of drug-likeness (QED) is 0.454. The summed E-state index contributed by atoms with van der Waals surface area (Å²) in [5.41, 5.74) is 0. The Morgan fingerprint density at radius 3 is 2.48 bits per heavy atom. The molecule has 124 valence electrons. The first kappa shape index (κ1) is 17.3. The van der Waals surface area contributed by atoms with Crippen LogP contribution in [0.2, 0.25) is 0 Å². The molecular weight excluding hydrogens is 314 g/mol. The summed E-state index contributed by atoms with van der Waals surface area (Å²) in [6, 6.07) is 7.89. The molecule has 0 N–H and O–H groups in total. The van der Waals surface area contributed by atoms with Crippen molar-refractivity contribution in [3.8, 4) is 0 Å². The number of ether oxygens (including phenoxy) is 1. The first-order valence-corrected chi connectivity index (χ1v) is 9.14. The summed E-state index contributed by atoms with van der Waals surface area (Å²) >= 11 is 0. The van der Waals surface area contributed by atoms with Gasteiger partial charge in [-0.15, -0.1) is 0 Å². The van der Waals surface area contributed by atoms with Gasteiger partial charge in [0.25, 0.3) is 0 Å². The SMILES string of the molecule is CCOC(=O)C(=CC=CN1CCCC1)S(=O)(=O)c1ccccc1. The number of allylic oxidation sites excluding steroid dienone is 2. The van der Waals surface area contributed by atoms with E-state index in [1.54, 1.807) is 31.2 Å². The van der Waals surface area contributed by atoms with Crippen LogP contribution in [0.15, 0.2) is 58.5 Å². The van der Waals surface area contributed by atoms with Crippen molar-refractivity contribution in [1.82, 2.24) is 4.90 Å². The maximum absolute atomic E-state index is 12.7. The second-order valence-electron chi connectivity index (χ2n) is 5.15. The molecule has 2 rings (SSSR count). The van der Waals surface area contributed by atoms with Crippen LogP contribution in [0.1, 0.15) is 19.8 Å². The van der Waals surface area contributed by atoms with Crippen LogP contribution in [0, 0.1) is 0 Å². The van der Waals surface area contributed by atoms with E-state index >= 15 is 0 Å². The van der Waals surface area contributed by atoms with Gasteiger partial charge in [-0.1, -0.05) is 18.2 Å². The van der Waals surface area contributed by atoms with E-state index in [1.807, 2.05) is 6.20 Å². The molecule has 23 heavy (non-hydrogen) atoms. The topological polar surface area (TPSA) is 63.7 Å². The van der Waals surface area contributed by atoms with Crippen molar-refractivity contribution in [3.63, 3.8) is 0 Å². The molecule has 0 bridgehead atoms. The van der Waals surface area contributed by atoms with Gasteiger partial charge < -0.3 is 9.64 Å². The summed E-state index contributed by atoms with van der Waals surface area (Å²) in [6.07, 6.45) is 6.98. The molecule has 0 amide bonds. The van der Waals surface area contributed by atoms with Crippen molar-refractivity contribution in [3.05, 3.63) is 53.6 Å². The van der Waals surface area contributed by atoms with Gasteiger partial charge in [0.2, 0.25) is 9.84 Å². The minimum atomic E-state index is -3.90. The maximum Gasteiger partial charge on any atom is 0.350 e. The zero-order valence-electron chi connectivity index (χ0n) is 13.1. The molecule has 0 aliphatic carbocycles. The van der Waals surface area contributed by atoms with Gasteiger partial charge in [0.05, 0.1) is 11.5 Å². The Balaban J connectivity index is 2.31. The molecule has 6 heteroatoms. The lowest BCUT2D eigenvalue weighted by molar-refractivity contribution is -0.137. The molecule has 1 fully saturated rings. The third kappa shape index (κ3) is 4.45. The average Bonchev–Trinajstić information content (AvgIpc) is 3.05. The summed E-state index contributed by atoms with van der Waals surface area (Å²) < 4.78 is 30.2. The Bertz CT molecular complexity index is 687. The molecule has 1 aliphatic heterocycles. The number of carbonyl (C=O) groups is 1. The third-order valence-electron chi connectivity index (χ3n) is 3.50. The van der Waals surface area contributed by atoms with Crippen LogP contribution >= 0.6 is 0 Å². The second-order valence-corrected chi connectivity index (χ2v) is 7.07. The Labute approximate surface area is 137 Å². The van der Waals surface area contributed by atoms with E-state index in [-0.39, 0.29) is 16.4 Å². The number of hydrogen-bond donors (Lipinski definition) is 0.